The third-order valence-electron chi connectivity index (χ3n) is 3.38. The van der Waals surface area contributed by atoms with Crippen LogP contribution in [0.3, 0.4) is 0 Å². The minimum Gasteiger partial charge on any atom is -0.330 e. The molecule has 1 heterocycles. The summed E-state index contributed by atoms with van der Waals surface area (Å²) in [6, 6.07) is 5.67. The smallest absolute Gasteiger partial charge is 0.0465 e. The molecule has 94 valence electrons. The molecule has 1 aromatic carbocycles. The molecule has 0 aromatic heterocycles. The first-order chi connectivity index (χ1) is 8.20. The van der Waals surface area contributed by atoms with Gasteiger partial charge >= 0.3 is 0 Å². The highest BCUT2D eigenvalue weighted by molar-refractivity contribution is 6.35. The van der Waals surface area contributed by atoms with Crippen LogP contribution < -0.4 is 5.73 Å². The number of benzene rings is 1. The fourth-order valence-electron chi connectivity index (χ4n) is 2.39. The van der Waals surface area contributed by atoms with Gasteiger partial charge in [0.05, 0.1) is 0 Å². The summed E-state index contributed by atoms with van der Waals surface area (Å²) in [5.74, 6) is 0.616. The van der Waals surface area contributed by atoms with E-state index in [9.17, 15) is 0 Å². The van der Waals surface area contributed by atoms with Gasteiger partial charge in [0.25, 0.3) is 0 Å². The summed E-state index contributed by atoms with van der Waals surface area (Å²) >= 11 is 12.4. The van der Waals surface area contributed by atoms with Gasteiger partial charge in [-0.1, -0.05) is 29.3 Å². The lowest BCUT2D eigenvalue weighted by molar-refractivity contribution is 0.171. The molecule has 0 bridgehead atoms. The molecule has 1 saturated heterocycles. The molecule has 1 aliphatic rings. The molecule has 1 atom stereocenters. The number of rotatable bonds is 3. The molecule has 0 aliphatic carbocycles. The van der Waals surface area contributed by atoms with Gasteiger partial charge < -0.3 is 5.73 Å². The van der Waals surface area contributed by atoms with Crippen molar-refractivity contribution in [3.05, 3.63) is 33.8 Å². The van der Waals surface area contributed by atoms with Gasteiger partial charge in [-0.2, -0.15) is 0 Å². The molecule has 0 amide bonds. The van der Waals surface area contributed by atoms with Crippen molar-refractivity contribution in [2.24, 2.45) is 11.7 Å². The van der Waals surface area contributed by atoms with E-state index < -0.39 is 0 Å². The van der Waals surface area contributed by atoms with E-state index in [1.54, 1.807) is 0 Å². The first kappa shape index (κ1) is 13.2. The fraction of sp³-hybridized carbons (Fsp3) is 0.538. The van der Waals surface area contributed by atoms with Gasteiger partial charge in [0.15, 0.2) is 0 Å². The summed E-state index contributed by atoms with van der Waals surface area (Å²) in [6.07, 6.45) is 2.45. The first-order valence-electron chi connectivity index (χ1n) is 6.06. The van der Waals surface area contributed by atoms with E-state index in [-0.39, 0.29) is 0 Å². The van der Waals surface area contributed by atoms with Crippen LogP contribution in [0, 0.1) is 5.92 Å². The number of nitrogens with two attached hydrogens (primary N) is 1. The summed E-state index contributed by atoms with van der Waals surface area (Å²) in [4.78, 5) is 2.40. The molecule has 1 aliphatic heterocycles. The molecule has 2 nitrogen and oxygen atoms in total. The second-order valence-electron chi connectivity index (χ2n) is 4.68. The Morgan fingerprint density at radius 3 is 2.65 bits per heavy atom. The number of piperidine rings is 1. The van der Waals surface area contributed by atoms with Crippen molar-refractivity contribution < 1.29 is 0 Å². The quantitative estimate of drug-likeness (QED) is 0.916. The molecule has 2 N–H and O–H groups in total. The summed E-state index contributed by atoms with van der Waals surface area (Å²) < 4.78 is 0. The van der Waals surface area contributed by atoms with Crippen molar-refractivity contribution in [2.75, 3.05) is 19.6 Å². The first-order valence-corrected chi connectivity index (χ1v) is 6.81. The Labute approximate surface area is 113 Å². The number of halogens is 2. The van der Waals surface area contributed by atoms with Crippen LogP contribution >= 0.6 is 23.2 Å². The van der Waals surface area contributed by atoms with Crippen LogP contribution in [-0.2, 0) is 6.54 Å². The van der Waals surface area contributed by atoms with E-state index in [1.165, 1.54) is 12.8 Å². The predicted octanol–water partition coefficient (Wildman–Crippen LogP) is 3.16. The van der Waals surface area contributed by atoms with E-state index >= 15 is 0 Å². The molecule has 1 fully saturated rings. The fourth-order valence-corrected chi connectivity index (χ4v) is 2.91. The largest absolute Gasteiger partial charge is 0.330 e. The predicted molar refractivity (Wildman–Crippen MR) is 73.5 cm³/mol. The zero-order valence-corrected chi connectivity index (χ0v) is 11.3. The zero-order chi connectivity index (χ0) is 12.3. The minimum absolute atomic E-state index is 0.616. The van der Waals surface area contributed by atoms with Crippen LogP contribution in [0.5, 0.6) is 0 Å². The summed E-state index contributed by atoms with van der Waals surface area (Å²) in [7, 11) is 0. The maximum atomic E-state index is 6.18. The highest BCUT2D eigenvalue weighted by atomic mass is 35.5. The highest BCUT2D eigenvalue weighted by Crippen LogP contribution is 2.27. The lowest BCUT2D eigenvalue weighted by Crippen LogP contribution is -2.37. The van der Waals surface area contributed by atoms with Crippen molar-refractivity contribution >= 4 is 23.2 Å². The molecule has 2 rings (SSSR count). The van der Waals surface area contributed by atoms with Crippen molar-refractivity contribution in [3.63, 3.8) is 0 Å². The van der Waals surface area contributed by atoms with Crippen molar-refractivity contribution in [2.45, 2.75) is 19.4 Å². The highest BCUT2D eigenvalue weighted by Gasteiger charge is 2.20. The van der Waals surface area contributed by atoms with Gasteiger partial charge in [-0.3, -0.25) is 4.90 Å². The molecule has 0 saturated carbocycles. The van der Waals surface area contributed by atoms with E-state index in [4.69, 9.17) is 28.9 Å². The number of hydrogen-bond acceptors (Lipinski definition) is 2. The molecule has 4 heteroatoms. The monoisotopic (exact) mass is 272 g/mol. The van der Waals surface area contributed by atoms with Gasteiger partial charge in [-0.05, 0) is 44.0 Å². The van der Waals surface area contributed by atoms with Gasteiger partial charge in [0.1, 0.15) is 0 Å². The maximum Gasteiger partial charge on any atom is 0.0465 e. The molecule has 0 unspecified atom stereocenters. The van der Waals surface area contributed by atoms with E-state index in [2.05, 4.69) is 4.90 Å². The van der Waals surface area contributed by atoms with Crippen LogP contribution in [-0.4, -0.2) is 24.5 Å². The van der Waals surface area contributed by atoms with E-state index in [0.717, 1.165) is 41.8 Å². The summed E-state index contributed by atoms with van der Waals surface area (Å²) in [6.45, 7) is 3.76. The molecule has 0 spiro atoms. The number of nitrogens with zero attached hydrogens (tertiary/aromatic N) is 1. The zero-order valence-electron chi connectivity index (χ0n) is 9.83. The summed E-state index contributed by atoms with van der Waals surface area (Å²) in [5.41, 5.74) is 6.78. The maximum absolute atomic E-state index is 6.18. The third-order valence-corrected chi connectivity index (χ3v) is 4.09. The second-order valence-corrected chi connectivity index (χ2v) is 5.49. The van der Waals surface area contributed by atoms with Gasteiger partial charge in [0.2, 0.25) is 0 Å². The van der Waals surface area contributed by atoms with E-state index in [1.807, 2.05) is 18.2 Å². The molecular formula is C13H18Cl2N2. The average Bonchev–Trinajstić information content (AvgIpc) is 2.34. The van der Waals surface area contributed by atoms with Crippen LogP contribution in [0.15, 0.2) is 18.2 Å². The lowest BCUT2D eigenvalue weighted by atomic mass is 9.98. The Morgan fingerprint density at radius 2 is 2.00 bits per heavy atom. The normalized spacial score (nSPS) is 21.7. The lowest BCUT2D eigenvalue weighted by Gasteiger charge is -2.32. The summed E-state index contributed by atoms with van der Waals surface area (Å²) in [5, 5.41) is 1.51. The van der Waals surface area contributed by atoms with Crippen LogP contribution in [0.25, 0.3) is 0 Å². The number of hydrogen-bond donors (Lipinski definition) is 1. The minimum atomic E-state index is 0.616. The molecule has 1 aromatic rings. The van der Waals surface area contributed by atoms with Gasteiger partial charge in [-0.15, -0.1) is 0 Å². The van der Waals surface area contributed by atoms with E-state index in [0.29, 0.717) is 5.92 Å². The van der Waals surface area contributed by atoms with Crippen molar-refractivity contribution in [1.29, 1.82) is 0 Å². The Bertz CT molecular complexity index is 361. The van der Waals surface area contributed by atoms with Gasteiger partial charge in [-0.25, -0.2) is 0 Å². The Balaban J connectivity index is 2.05. The SMILES string of the molecule is NC[C@@H]1CCCN(Cc2c(Cl)cccc2Cl)C1. The van der Waals surface area contributed by atoms with Gasteiger partial charge in [0, 0.05) is 28.7 Å². The molecular weight excluding hydrogens is 255 g/mol. The van der Waals surface area contributed by atoms with Crippen LogP contribution in [0.2, 0.25) is 10.0 Å². The number of likely N-dealkylation sites (tertiary alicyclic amines) is 1. The average molecular weight is 273 g/mol. The topological polar surface area (TPSA) is 29.3 Å². The molecule has 17 heavy (non-hydrogen) atoms. The van der Waals surface area contributed by atoms with Crippen LogP contribution in [0.1, 0.15) is 18.4 Å². The van der Waals surface area contributed by atoms with Crippen molar-refractivity contribution in [1.82, 2.24) is 4.90 Å². The second kappa shape index (κ2) is 6.05. The van der Waals surface area contributed by atoms with Crippen molar-refractivity contribution in [3.8, 4) is 0 Å². The third kappa shape index (κ3) is 3.35. The Hall–Kier alpha value is -0.280. The van der Waals surface area contributed by atoms with Crippen LogP contribution in [0.4, 0.5) is 0 Å². The Kier molecular flexibility index (Phi) is 4.69. The Morgan fingerprint density at radius 1 is 1.29 bits per heavy atom. The molecule has 0 radical (unpaired) electrons. The standard InChI is InChI=1S/C13H18Cl2N2/c14-12-4-1-5-13(15)11(12)9-17-6-2-3-10(7-16)8-17/h1,4-5,10H,2-3,6-9,16H2/t10-/m0/s1.